The van der Waals surface area contributed by atoms with E-state index in [-0.39, 0.29) is 23.7 Å². The van der Waals surface area contributed by atoms with Gasteiger partial charge in [-0.3, -0.25) is 9.59 Å². The predicted molar refractivity (Wildman–Crippen MR) is 108 cm³/mol. The molecular weight excluding hydrogens is 340 g/mol. The predicted octanol–water partition coefficient (Wildman–Crippen LogP) is 4.17. The van der Waals surface area contributed by atoms with Crippen molar-refractivity contribution < 1.29 is 14.3 Å². The van der Waals surface area contributed by atoms with Gasteiger partial charge in [-0.25, -0.2) is 0 Å². The number of hydrogen-bond acceptors (Lipinski definition) is 3. The van der Waals surface area contributed by atoms with Gasteiger partial charge in [0.25, 0.3) is 5.91 Å². The van der Waals surface area contributed by atoms with Gasteiger partial charge in [-0.2, -0.15) is 0 Å². The summed E-state index contributed by atoms with van der Waals surface area (Å²) in [5, 5.41) is 2.97. The number of amides is 2. The fourth-order valence-electron chi connectivity index (χ4n) is 3.04. The Morgan fingerprint density at radius 3 is 2.33 bits per heavy atom. The summed E-state index contributed by atoms with van der Waals surface area (Å²) in [6.45, 7) is 4.14. The van der Waals surface area contributed by atoms with E-state index >= 15 is 0 Å². The Morgan fingerprint density at radius 1 is 1.11 bits per heavy atom. The summed E-state index contributed by atoms with van der Waals surface area (Å²) in [7, 11) is 4.93. The number of ether oxygens (including phenoxy) is 1. The Hall–Kier alpha value is -2.82. The highest BCUT2D eigenvalue weighted by atomic mass is 16.5. The molecule has 5 heteroatoms. The van der Waals surface area contributed by atoms with Gasteiger partial charge in [0.05, 0.1) is 18.7 Å². The summed E-state index contributed by atoms with van der Waals surface area (Å²) >= 11 is 0. The van der Waals surface area contributed by atoms with E-state index in [1.165, 1.54) is 4.90 Å². The summed E-state index contributed by atoms with van der Waals surface area (Å²) in [6, 6.07) is 14.8. The normalized spacial score (nSPS) is 12.8. The third-order valence-electron chi connectivity index (χ3n) is 4.76. The molecule has 2 aromatic carbocycles. The second-order valence-corrected chi connectivity index (χ2v) is 6.88. The van der Waals surface area contributed by atoms with Crippen LogP contribution in [0.15, 0.2) is 48.5 Å². The molecule has 0 saturated carbocycles. The Morgan fingerprint density at radius 2 is 1.78 bits per heavy atom. The van der Waals surface area contributed by atoms with Crippen LogP contribution in [0, 0.1) is 5.92 Å². The van der Waals surface area contributed by atoms with Crippen molar-refractivity contribution in [1.82, 2.24) is 4.90 Å². The average Bonchev–Trinajstić information content (AvgIpc) is 2.68. The summed E-state index contributed by atoms with van der Waals surface area (Å²) < 4.78 is 5.37. The summed E-state index contributed by atoms with van der Waals surface area (Å²) in [5.74, 6) is 0.173. The molecule has 0 heterocycles. The van der Waals surface area contributed by atoms with Crippen molar-refractivity contribution in [3.05, 3.63) is 59.7 Å². The molecule has 27 heavy (non-hydrogen) atoms. The van der Waals surface area contributed by atoms with Gasteiger partial charge >= 0.3 is 0 Å². The zero-order valence-electron chi connectivity index (χ0n) is 16.7. The van der Waals surface area contributed by atoms with E-state index < -0.39 is 0 Å². The van der Waals surface area contributed by atoms with E-state index in [0.717, 1.165) is 12.0 Å². The first-order chi connectivity index (χ1) is 12.9. The molecule has 0 aliphatic carbocycles. The number of anilines is 1. The minimum atomic E-state index is -0.283. The fourth-order valence-corrected chi connectivity index (χ4v) is 3.04. The van der Waals surface area contributed by atoms with E-state index in [2.05, 4.69) is 19.2 Å². The Bertz CT molecular complexity index is 787. The number of hydrogen-bond donors (Lipinski definition) is 1. The van der Waals surface area contributed by atoms with Gasteiger partial charge in [0, 0.05) is 19.7 Å². The monoisotopic (exact) mass is 368 g/mol. The van der Waals surface area contributed by atoms with E-state index in [9.17, 15) is 9.59 Å². The molecule has 0 spiro atoms. The fraction of sp³-hybridized carbons (Fsp3) is 0.364. The maximum atomic E-state index is 13.1. The summed E-state index contributed by atoms with van der Waals surface area (Å²) in [5.41, 5.74) is 1.97. The number of rotatable bonds is 7. The molecule has 0 bridgehead atoms. The first kappa shape index (κ1) is 20.5. The largest absolute Gasteiger partial charge is 0.495 e. The summed E-state index contributed by atoms with van der Waals surface area (Å²) in [4.78, 5) is 26.9. The molecule has 2 rings (SSSR count). The molecule has 0 fully saturated rings. The number of carbonyl (C=O) groups is 2. The van der Waals surface area contributed by atoms with Gasteiger partial charge in [-0.1, -0.05) is 50.6 Å². The lowest BCUT2D eigenvalue weighted by Crippen LogP contribution is -2.27. The first-order valence-corrected chi connectivity index (χ1v) is 9.14. The van der Waals surface area contributed by atoms with Crippen LogP contribution in [0.2, 0.25) is 0 Å². The van der Waals surface area contributed by atoms with Crippen LogP contribution in [0.5, 0.6) is 5.75 Å². The van der Waals surface area contributed by atoms with Crippen LogP contribution in [-0.4, -0.2) is 37.9 Å². The number of nitrogens with zero attached hydrogens (tertiary/aromatic N) is 1. The maximum Gasteiger partial charge on any atom is 0.253 e. The second kappa shape index (κ2) is 9.21. The van der Waals surface area contributed by atoms with Crippen molar-refractivity contribution in [2.24, 2.45) is 5.92 Å². The minimum Gasteiger partial charge on any atom is -0.495 e. The van der Waals surface area contributed by atoms with Crippen LogP contribution in [0.3, 0.4) is 0 Å². The van der Waals surface area contributed by atoms with Crippen LogP contribution in [-0.2, 0) is 4.79 Å². The molecule has 1 N–H and O–H groups in total. The van der Waals surface area contributed by atoms with Gasteiger partial charge in [0.15, 0.2) is 0 Å². The zero-order chi connectivity index (χ0) is 20.0. The highest BCUT2D eigenvalue weighted by molar-refractivity contribution is 6.00. The Kier molecular flexibility index (Phi) is 6.99. The van der Waals surface area contributed by atoms with Gasteiger partial charge in [-0.05, 0) is 29.7 Å². The van der Waals surface area contributed by atoms with Gasteiger partial charge in [-0.15, -0.1) is 0 Å². The number of methoxy groups -OCH3 is 1. The number of nitrogens with one attached hydrogen (secondary N) is 1. The number of carbonyl (C=O) groups excluding carboxylic acids is 2. The van der Waals surface area contributed by atoms with E-state index in [1.807, 2.05) is 30.3 Å². The molecule has 0 aliphatic rings. The third kappa shape index (κ3) is 4.88. The van der Waals surface area contributed by atoms with E-state index in [0.29, 0.717) is 17.0 Å². The maximum absolute atomic E-state index is 13.1. The molecule has 2 amide bonds. The molecule has 0 saturated heterocycles. The highest BCUT2D eigenvalue weighted by Gasteiger charge is 2.26. The van der Waals surface area contributed by atoms with E-state index in [1.54, 1.807) is 39.4 Å². The van der Waals surface area contributed by atoms with Crippen molar-refractivity contribution in [1.29, 1.82) is 0 Å². The standard InChI is InChI=1S/C22H28N2O3/c1-6-15(2)20(16-10-8-7-9-11-16)21(25)23-18-14-17(22(26)24(3)4)12-13-19(18)27-5/h7-15,20H,6H2,1-5H3,(H,23,25). The smallest absolute Gasteiger partial charge is 0.253 e. The van der Waals surface area contributed by atoms with Crippen molar-refractivity contribution in [3.63, 3.8) is 0 Å². The van der Waals surface area contributed by atoms with Gasteiger partial charge in [0.2, 0.25) is 5.91 Å². The lowest BCUT2D eigenvalue weighted by atomic mass is 9.85. The van der Waals surface area contributed by atoms with Crippen molar-refractivity contribution in [3.8, 4) is 5.75 Å². The molecule has 0 aliphatic heterocycles. The van der Waals surface area contributed by atoms with Crippen molar-refractivity contribution in [2.75, 3.05) is 26.5 Å². The third-order valence-corrected chi connectivity index (χ3v) is 4.76. The first-order valence-electron chi connectivity index (χ1n) is 9.14. The summed E-state index contributed by atoms with van der Waals surface area (Å²) in [6.07, 6.45) is 0.878. The van der Waals surface area contributed by atoms with Crippen molar-refractivity contribution >= 4 is 17.5 Å². The lowest BCUT2D eigenvalue weighted by molar-refractivity contribution is -0.118. The molecule has 0 aromatic heterocycles. The Labute approximate surface area is 161 Å². The van der Waals surface area contributed by atoms with Crippen molar-refractivity contribution in [2.45, 2.75) is 26.2 Å². The van der Waals surface area contributed by atoms with Crippen LogP contribution < -0.4 is 10.1 Å². The molecule has 2 aromatic rings. The van der Waals surface area contributed by atoms with Crippen LogP contribution in [0.4, 0.5) is 5.69 Å². The van der Waals surface area contributed by atoms with E-state index in [4.69, 9.17) is 4.74 Å². The minimum absolute atomic E-state index is 0.108. The molecule has 2 unspecified atom stereocenters. The molecular formula is C22H28N2O3. The molecule has 0 radical (unpaired) electrons. The van der Waals surface area contributed by atoms with Crippen LogP contribution in [0.1, 0.15) is 42.1 Å². The zero-order valence-corrected chi connectivity index (χ0v) is 16.7. The lowest BCUT2D eigenvalue weighted by Gasteiger charge is -2.23. The average molecular weight is 368 g/mol. The number of benzene rings is 2. The van der Waals surface area contributed by atoms with Crippen LogP contribution in [0.25, 0.3) is 0 Å². The molecule has 144 valence electrons. The quantitative estimate of drug-likeness (QED) is 0.798. The van der Waals surface area contributed by atoms with Gasteiger partial charge < -0.3 is 15.0 Å². The molecule has 5 nitrogen and oxygen atoms in total. The Balaban J connectivity index is 2.36. The SMILES string of the molecule is CCC(C)C(C(=O)Nc1cc(C(=O)N(C)C)ccc1OC)c1ccccc1. The van der Waals surface area contributed by atoms with Gasteiger partial charge in [0.1, 0.15) is 5.75 Å². The van der Waals surface area contributed by atoms with Crippen LogP contribution >= 0.6 is 0 Å². The molecule has 2 atom stereocenters. The second-order valence-electron chi connectivity index (χ2n) is 6.88. The topological polar surface area (TPSA) is 58.6 Å². The highest BCUT2D eigenvalue weighted by Crippen LogP contribution is 2.31.